The summed E-state index contributed by atoms with van der Waals surface area (Å²) in [5, 5.41) is 5.04. The number of benzene rings is 1. The van der Waals surface area contributed by atoms with Gasteiger partial charge in [0.25, 0.3) is 0 Å². The van der Waals surface area contributed by atoms with Crippen molar-refractivity contribution in [2.45, 2.75) is 20.3 Å². The lowest BCUT2D eigenvalue weighted by Crippen LogP contribution is -2.33. The third-order valence-electron chi connectivity index (χ3n) is 3.21. The molecule has 0 spiro atoms. The highest BCUT2D eigenvalue weighted by molar-refractivity contribution is 6.22. The second-order valence-electron chi connectivity index (χ2n) is 5.35. The van der Waals surface area contributed by atoms with E-state index in [1.165, 1.54) is 11.9 Å². The Kier molecular flexibility index (Phi) is 3.48. The lowest BCUT2D eigenvalue weighted by molar-refractivity contribution is -0.124. The van der Waals surface area contributed by atoms with Crippen LogP contribution in [0.25, 0.3) is 0 Å². The summed E-state index contributed by atoms with van der Waals surface area (Å²) in [7, 11) is 1.51. The Labute approximate surface area is 117 Å². The van der Waals surface area contributed by atoms with Crippen LogP contribution in [0.2, 0.25) is 0 Å². The Morgan fingerprint density at radius 1 is 1.30 bits per heavy atom. The molecule has 2 N–H and O–H groups in total. The Hall–Kier alpha value is -2.37. The van der Waals surface area contributed by atoms with E-state index in [-0.39, 0.29) is 24.3 Å². The molecule has 106 valence electrons. The van der Waals surface area contributed by atoms with Crippen LogP contribution >= 0.6 is 0 Å². The topological polar surface area (TPSA) is 78.5 Å². The second-order valence-corrected chi connectivity index (χ2v) is 5.35. The smallest absolute Gasteiger partial charge is 0.318 e. The van der Waals surface area contributed by atoms with Crippen molar-refractivity contribution >= 4 is 29.2 Å². The maximum atomic E-state index is 12.2. The molecule has 0 aromatic heterocycles. The number of nitrogens with zero attached hydrogens (tertiary/aromatic N) is 1. The van der Waals surface area contributed by atoms with Crippen molar-refractivity contribution in [2.75, 3.05) is 17.3 Å². The molecule has 1 aliphatic rings. The Bertz CT molecular complexity index is 581. The molecule has 0 unspecified atom stereocenters. The minimum absolute atomic E-state index is 0.193. The standard InChI is InChI=1S/C14H17N3O3/c1-14(2)8-11(18)17(12(14)19)10-6-4-5-9(7-10)16-13(20)15-3/h4-7H,8H2,1-3H3,(H2,15,16,20). The molecule has 1 aromatic carbocycles. The van der Waals surface area contributed by atoms with E-state index in [0.29, 0.717) is 11.4 Å². The number of amides is 4. The molecule has 2 rings (SSSR count). The van der Waals surface area contributed by atoms with Crippen LogP contribution in [0.3, 0.4) is 0 Å². The third-order valence-corrected chi connectivity index (χ3v) is 3.21. The first-order valence-electron chi connectivity index (χ1n) is 6.31. The number of carbonyl (C=O) groups excluding carboxylic acids is 3. The molecule has 1 aliphatic heterocycles. The van der Waals surface area contributed by atoms with Gasteiger partial charge in [0.2, 0.25) is 11.8 Å². The zero-order chi connectivity index (χ0) is 14.9. The lowest BCUT2D eigenvalue weighted by atomic mass is 9.92. The fraction of sp³-hybridized carbons (Fsp3) is 0.357. The molecular formula is C14H17N3O3. The minimum atomic E-state index is -0.679. The van der Waals surface area contributed by atoms with Crippen molar-refractivity contribution in [1.29, 1.82) is 0 Å². The number of rotatable bonds is 2. The molecule has 0 bridgehead atoms. The zero-order valence-electron chi connectivity index (χ0n) is 11.7. The molecule has 0 saturated carbocycles. The summed E-state index contributed by atoms with van der Waals surface area (Å²) >= 11 is 0. The quantitative estimate of drug-likeness (QED) is 0.807. The highest BCUT2D eigenvalue weighted by Crippen LogP contribution is 2.35. The number of anilines is 2. The van der Waals surface area contributed by atoms with Gasteiger partial charge in [-0.1, -0.05) is 19.9 Å². The molecule has 4 amide bonds. The first-order valence-corrected chi connectivity index (χ1v) is 6.31. The number of imide groups is 1. The maximum absolute atomic E-state index is 12.2. The average molecular weight is 275 g/mol. The van der Waals surface area contributed by atoms with Gasteiger partial charge in [-0.3, -0.25) is 9.59 Å². The van der Waals surface area contributed by atoms with E-state index in [1.807, 2.05) is 0 Å². The van der Waals surface area contributed by atoms with Gasteiger partial charge in [-0.2, -0.15) is 0 Å². The van der Waals surface area contributed by atoms with E-state index < -0.39 is 5.41 Å². The van der Waals surface area contributed by atoms with Gasteiger partial charge in [-0.05, 0) is 18.2 Å². The van der Waals surface area contributed by atoms with Crippen molar-refractivity contribution in [3.8, 4) is 0 Å². The van der Waals surface area contributed by atoms with Gasteiger partial charge in [0.1, 0.15) is 0 Å². The first kappa shape index (κ1) is 14.0. The van der Waals surface area contributed by atoms with Crippen LogP contribution in [0, 0.1) is 5.41 Å². The van der Waals surface area contributed by atoms with Gasteiger partial charge in [0, 0.05) is 19.2 Å². The second kappa shape index (κ2) is 4.96. The van der Waals surface area contributed by atoms with Gasteiger partial charge >= 0.3 is 6.03 Å². The van der Waals surface area contributed by atoms with Crippen molar-refractivity contribution < 1.29 is 14.4 Å². The Balaban J connectivity index is 2.30. The largest absolute Gasteiger partial charge is 0.341 e. The molecular weight excluding hydrogens is 258 g/mol. The van der Waals surface area contributed by atoms with E-state index in [0.717, 1.165) is 0 Å². The highest BCUT2D eigenvalue weighted by atomic mass is 16.2. The van der Waals surface area contributed by atoms with E-state index in [4.69, 9.17) is 0 Å². The number of carbonyl (C=O) groups is 3. The summed E-state index contributed by atoms with van der Waals surface area (Å²) in [6.45, 7) is 3.50. The number of hydrogen-bond acceptors (Lipinski definition) is 3. The molecule has 0 aliphatic carbocycles. The van der Waals surface area contributed by atoms with E-state index >= 15 is 0 Å². The summed E-state index contributed by atoms with van der Waals surface area (Å²) < 4.78 is 0. The predicted molar refractivity (Wildman–Crippen MR) is 75.4 cm³/mol. The molecule has 1 fully saturated rings. The van der Waals surface area contributed by atoms with Crippen molar-refractivity contribution in [2.24, 2.45) is 5.41 Å². The molecule has 6 heteroatoms. The fourth-order valence-corrected chi connectivity index (χ4v) is 2.13. The van der Waals surface area contributed by atoms with Crippen LogP contribution in [-0.2, 0) is 9.59 Å². The maximum Gasteiger partial charge on any atom is 0.318 e. The molecule has 20 heavy (non-hydrogen) atoms. The van der Waals surface area contributed by atoms with E-state index in [2.05, 4.69) is 10.6 Å². The summed E-state index contributed by atoms with van der Waals surface area (Å²) in [5.74, 6) is -0.448. The third kappa shape index (κ3) is 2.49. The molecule has 1 saturated heterocycles. The number of urea groups is 1. The van der Waals surface area contributed by atoms with Gasteiger partial charge in [0.05, 0.1) is 11.1 Å². The number of nitrogens with one attached hydrogen (secondary N) is 2. The fourth-order valence-electron chi connectivity index (χ4n) is 2.13. The summed E-state index contributed by atoms with van der Waals surface area (Å²) in [6.07, 6.45) is 0.193. The SMILES string of the molecule is CNC(=O)Nc1cccc(N2C(=O)CC(C)(C)C2=O)c1. The van der Waals surface area contributed by atoms with Crippen LogP contribution in [0.4, 0.5) is 16.2 Å². The van der Waals surface area contributed by atoms with Crippen molar-refractivity contribution in [3.63, 3.8) is 0 Å². The Morgan fingerprint density at radius 3 is 2.55 bits per heavy atom. The van der Waals surface area contributed by atoms with Crippen molar-refractivity contribution in [3.05, 3.63) is 24.3 Å². The summed E-state index contributed by atoms with van der Waals surface area (Å²) in [6, 6.07) is 6.29. The van der Waals surface area contributed by atoms with Crippen LogP contribution < -0.4 is 15.5 Å². The van der Waals surface area contributed by atoms with Gasteiger partial charge in [0.15, 0.2) is 0 Å². The molecule has 1 aromatic rings. The summed E-state index contributed by atoms with van der Waals surface area (Å²) in [4.78, 5) is 36.7. The summed E-state index contributed by atoms with van der Waals surface area (Å²) in [5.41, 5.74) is 0.313. The van der Waals surface area contributed by atoms with Gasteiger partial charge < -0.3 is 10.6 Å². The van der Waals surface area contributed by atoms with E-state index in [9.17, 15) is 14.4 Å². The first-order chi connectivity index (χ1) is 9.35. The normalized spacial score (nSPS) is 17.2. The minimum Gasteiger partial charge on any atom is -0.341 e. The predicted octanol–water partition coefficient (Wildman–Crippen LogP) is 1.73. The Morgan fingerprint density at radius 2 is 2.00 bits per heavy atom. The molecule has 1 heterocycles. The van der Waals surface area contributed by atoms with E-state index in [1.54, 1.807) is 38.1 Å². The average Bonchev–Trinajstić information content (AvgIpc) is 2.58. The lowest BCUT2D eigenvalue weighted by Gasteiger charge is -2.18. The van der Waals surface area contributed by atoms with Crippen molar-refractivity contribution in [1.82, 2.24) is 5.32 Å². The number of hydrogen-bond donors (Lipinski definition) is 2. The zero-order valence-corrected chi connectivity index (χ0v) is 11.7. The van der Waals surface area contributed by atoms with Crippen LogP contribution in [-0.4, -0.2) is 24.9 Å². The molecule has 6 nitrogen and oxygen atoms in total. The highest BCUT2D eigenvalue weighted by Gasteiger charge is 2.45. The molecule has 0 radical (unpaired) electrons. The monoisotopic (exact) mass is 275 g/mol. The van der Waals surface area contributed by atoms with Gasteiger partial charge in [-0.25, -0.2) is 9.69 Å². The van der Waals surface area contributed by atoms with Crippen LogP contribution in [0.5, 0.6) is 0 Å². The molecule has 0 atom stereocenters. The van der Waals surface area contributed by atoms with Crippen LogP contribution in [0.15, 0.2) is 24.3 Å². The van der Waals surface area contributed by atoms with Gasteiger partial charge in [-0.15, -0.1) is 0 Å². The van der Waals surface area contributed by atoms with Crippen LogP contribution in [0.1, 0.15) is 20.3 Å².